The van der Waals surface area contributed by atoms with E-state index in [1.54, 1.807) is 29.5 Å². The van der Waals surface area contributed by atoms with Crippen molar-refractivity contribution in [2.75, 3.05) is 12.4 Å². The summed E-state index contributed by atoms with van der Waals surface area (Å²) in [7, 11) is 1.76. The van der Waals surface area contributed by atoms with Crippen LogP contribution in [0.1, 0.15) is 44.2 Å². The highest BCUT2D eigenvalue weighted by atomic mass is 79.9. The van der Waals surface area contributed by atoms with Crippen molar-refractivity contribution < 1.29 is 9.53 Å². The molecule has 0 unspecified atom stereocenters. The van der Waals surface area contributed by atoms with Crippen molar-refractivity contribution in [2.24, 2.45) is 0 Å². The molecule has 0 radical (unpaired) electrons. The zero-order valence-electron chi connectivity index (χ0n) is 20.5. The zero-order chi connectivity index (χ0) is 25.2. The first-order valence-corrected chi connectivity index (χ1v) is 13.1. The van der Waals surface area contributed by atoms with Crippen LogP contribution in [0.15, 0.2) is 64.6 Å². The van der Waals surface area contributed by atoms with Gasteiger partial charge in [-0.05, 0) is 68.0 Å². The van der Waals surface area contributed by atoms with Crippen LogP contribution in [0.2, 0.25) is 0 Å². The van der Waals surface area contributed by atoms with E-state index < -0.39 is 5.60 Å². The molecule has 2 aromatic carbocycles. The third-order valence-electron chi connectivity index (χ3n) is 5.47. The predicted octanol–water partition coefficient (Wildman–Crippen LogP) is 7.66. The average molecular weight is 554 g/mol. The molecule has 35 heavy (non-hydrogen) atoms. The third-order valence-corrected chi connectivity index (χ3v) is 7.07. The van der Waals surface area contributed by atoms with Gasteiger partial charge in [-0.1, -0.05) is 46.3 Å². The van der Waals surface area contributed by atoms with E-state index in [0.717, 1.165) is 37.8 Å². The number of carbonyl (C=O) groups is 1. The summed E-state index contributed by atoms with van der Waals surface area (Å²) in [4.78, 5) is 15.3. The minimum atomic E-state index is -0.527. The molecule has 0 aliphatic carbocycles. The molecule has 0 bridgehead atoms. The number of nitrogens with zero attached hydrogens (tertiary/aromatic N) is 3. The lowest BCUT2D eigenvalue weighted by Gasteiger charge is -2.25. The normalized spacial score (nSPS) is 12.4. The highest BCUT2D eigenvalue weighted by Gasteiger charge is 2.21. The smallest absolute Gasteiger partial charge is 0.410 e. The van der Waals surface area contributed by atoms with Crippen LogP contribution in [-0.4, -0.2) is 33.8 Å². The van der Waals surface area contributed by atoms with Gasteiger partial charge in [-0.15, -0.1) is 16.4 Å². The van der Waals surface area contributed by atoms with Crippen LogP contribution < -0.4 is 5.32 Å². The zero-order valence-corrected chi connectivity index (χ0v) is 22.9. The number of rotatable bonds is 6. The number of benzene rings is 2. The summed E-state index contributed by atoms with van der Waals surface area (Å²) in [6, 6.07) is 16.5. The number of hydrogen-bond acceptors (Lipinski definition) is 6. The van der Waals surface area contributed by atoms with Gasteiger partial charge in [0.1, 0.15) is 5.60 Å². The summed E-state index contributed by atoms with van der Waals surface area (Å²) in [6.07, 6.45) is 1.44. The van der Waals surface area contributed by atoms with E-state index in [4.69, 9.17) is 4.74 Å². The van der Waals surface area contributed by atoms with Gasteiger partial charge in [-0.3, -0.25) is 0 Å². The third kappa shape index (κ3) is 6.18. The maximum absolute atomic E-state index is 12.5. The predicted molar refractivity (Wildman–Crippen MR) is 147 cm³/mol. The van der Waals surface area contributed by atoms with Crippen molar-refractivity contribution in [1.82, 2.24) is 15.1 Å². The molecule has 6 nitrogen and oxygen atoms in total. The number of hydrogen-bond donors (Lipinski definition) is 1. The Balaban J connectivity index is 1.53. The average Bonchev–Trinajstić information content (AvgIpc) is 3.29. The van der Waals surface area contributed by atoms with Crippen LogP contribution in [0.4, 0.5) is 10.6 Å². The Morgan fingerprint density at radius 3 is 2.74 bits per heavy atom. The first-order chi connectivity index (χ1) is 16.6. The second-order valence-corrected chi connectivity index (χ2v) is 11.4. The molecule has 0 saturated carbocycles. The Morgan fingerprint density at radius 2 is 1.97 bits per heavy atom. The number of nitrogens with one attached hydrogen (secondary N) is 1. The molecule has 182 valence electrons. The number of aromatic nitrogens is 2. The van der Waals surface area contributed by atoms with Crippen molar-refractivity contribution in [3.8, 4) is 11.1 Å². The van der Waals surface area contributed by atoms with E-state index in [0.29, 0.717) is 6.54 Å². The van der Waals surface area contributed by atoms with Crippen LogP contribution in [0.25, 0.3) is 21.9 Å². The number of carbonyl (C=O) groups excluding carboxylic acids is 1. The highest BCUT2D eigenvalue weighted by Crippen LogP contribution is 2.34. The maximum Gasteiger partial charge on any atom is 0.410 e. The van der Waals surface area contributed by atoms with Gasteiger partial charge in [0.05, 0.1) is 12.2 Å². The largest absolute Gasteiger partial charge is 0.444 e. The monoisotopic (exact) mass is 552 g/mol. The number of ether oxygens (including phenoxy) is 1. The fourth-order valence-electron chi connectivity index (χ4n) is 3.75. The highest BCUT2D eigenvalue weighted by molar-refractivity contribution is 9.10. The Labute approximate surface area is 218 Å². The molecule has 0 fully saturated rings. The molecule has 1 amide bonds. The summed E-state index contributed by atoms with van der Waals surface area (Å²) in [5.41, 5.74) is 2.77. The van der Waals surface area contributed by atoms with Gasteiger partial charge in [0.15, 0.2) is 5.82 Å². The Bertz CT molecular complexity index is 1350. The second kappa shape index (κ2) is 10.3. The van der Waals surface area contributed by atoms with E-state index >= 15 is 0 Å². The topological polar surface area (TPSA) is 67.4 Å². The van der Waals surface area contributed by atoms with Crippen molar-refractivity contribution in [2.45, 2.75) is 45.9 Å². The van der Waals surface area contributed by atoms with Gasteiger partial charge >= 0.3 is 6.09 Å². The van der Waals surface area contributed by atoms with Gasteiger partial charge in [-0.2, -0.15) is 5.10 Å². The number of thiophene rings is 1. The minimum Gasteiger partial charge on any atom is -0.444 e. The number of anilines is 1. The van der Waals surface area contributed by atoms with Gasteiger partial charge in [-0.25, -0.2) is 4.79 Å². The summed E-state index contributed by atoms with van der Waals surface area (Å²) in [6.45, 7) is 8.20. The molecule has 4 rings (SSSR count). The van der Waals surface area contributed by atoms with Crippen molar-refractivity contribution in [3.05, 3.63) is 75.0 Å². The second-order valence-electron chi connectivity index (χ2n) is 9.52. The Kier molecular flexibility index (Phi) is 7.42. The fourth-order valence-corrected chi connectivity index (χ4v) is 5.03. The molecular weight excluding hydrogens is 524 g/mol. The lowest BCUT2D eigenvalue weighted by molar-refractivity contribution is 0.0285. The van der Waals surface area contributed by atoms with Crippen molar-refractivity contribution >= 4 is 50.0 Å². The fraction of sp³-hybridized carbons (Fsp3) is 0.296. The first kappa shape index (κ1) is 25.1. The SMILES string of the molecule is C[C@@H](Nc1nncc2ccc(Br)cc12)c1cc(-c2ccccc2CN(C)C(=O)OC(C)(C)C)cs1. The summed E-state index contributed by atoms with van der Waals surface area (Å²) in [5, 5.41) is 16.2. The lowest BCUT2D eigenvalue weighted by Crippen LogP contribution is -2.33. The van der Waals surface area contributed by atoms with E-state index in [-0.39, 0.29) is 12.1 Å². The van der Waals surface area contributed by atoms with Crippen LogP contribution in [0, 0.1) is 0 Å². The van der Waals surface area contributed by atoms with Crippen LogP contribution in [0.5, 0.6) is 0 Å². The minimum absolute atomic E-state index is 0.0456. The van der Waals surface area contributed by atoms with Crippen LogP contribution in [-0.2, 0) is 11.3 Å². The van der Waals surface area contributed by atoms with Crippen molar-refractivity contribution in [1.29, 1.82) is 0 Å². The Morgan fingerprint density at radius 1 is 1.20 bits per heavy atom. The van der Waals surface area contributed by atoms with E-state index in [9.17, 15) is 4.79 Å². The molecule has 1 N–H and O–H groups in total. The molecule has 8 heteroatoms. The van der Waals surface area contributed by atoms with E-state index in [1.165, 1.54) is 4.88 Å². The molecule has 0 spiro atoms. The molecule has 2 heterocycles. The van der Waals surface area contributed by atoms with Crippen LogP contribution in [0.3, 0.4) is 0 Å². The van der Waals surface area contributed by atoms with Crippen molar-refractivity contribution in [3.63, 3.8) is 0 Å². The molecule has 1 atom stereocenters. The Hall–Kier alpha value is -2.97. The number of halogens is 1. The molecule has 2 aromatic heterocycles. The van der Waals surface area contributed by atoms with Gasteiger partial charge < -0.3 is 15.0 Å². The lowest BCUT2D eigenvalue weighted by atomic mass is 10.0. The molecule has 0 saturated heterocycles. The van der Waals surface area contributed by atoms with Gasteiger partial charge in [0.25, 0.3) is 0 Å². The molecule has 0 aliphatic heterocycles. The number of fused-ring (bicyclic) bond motifs is 1. The molecule has 0 aliphatic rings. The van der Waals surface area contributed by atoms with Crippen LogP contribution >= 0.6 is 27.3 Å². The van der Waals surface area contributed by atoms with E-state index in [2.05, 4.69) is 68.0 Å². The van der Waals surface area contributed by atoms with E-state index in [1.807, 2.05) is 45.0 Å². The maximum atomic E-state index is 12.5. The quantitative estimate of drug-likeness (QED) is 0.266. The summed E-state index contributed by atoms with van der Waals surface area (Å²) < 4.78 is 6.51. The van der Waals surface area contributed by atoms with Gasteiger partial charge in [0.2, 0.25) is 0 Å². The summed E-state index contributed by atoms with van der Waals surface area (Å²) >= 11 is 5.24. The first-order valence-electron chi connectivity index (χ1n) is 11.4. The number of amides is 1. The van der Waals surface area contributed by atoms with Gasteiger partial charge in [0, 0.05) is 33.7 Å². The summed E-state index contributed by atoms with van der Waals surface area (Å²) in [5.74, 6) is 0.755. The molecular formula is C27H29BrN4O2S. The standard InChI is InChI=1S/C27H29BrN4O2S/c1-17(30-25-23-13-21(28)11-10-18(23)14-29-31-25)24-12-20(16-35-24)22-9-7-6-8-19(22)15-32(5)26(33)34-27(2,3)4/h6-14,16-17H,15H2,1-5H3,(H,30,31)/t17-/m1/s1. The molecule has 4 aromatic rings.